The molecule has 0 fully saturated rings. The number of esters is 1. The van der Waals surface area contributed by atoms with Crippen LogP contribution in [-0.2, 0) is 20.7 Å². The lowest BCUT2D eigenvalue weighted by atomic mass is 10.0. The fraction of sp³-hybridized carbons (Fsp3) is 0.273. The second-order valence-electron chi connectivity index (χ2n) is 11.0. The molecule has 0 bridgehead atoms. The third kappa shape index (κ3) is 6.89. The number of methoxy groups -OCH3 is 1. The summed E-state index contributed by atoms with van der Waals surface area (Å²) in [6, 6.07) is 14.0. The first-order valence-corrected chi connectivity index (χ1v) is 14.6. The molecule has 0 saturated carbocycles. The fourth-order valence-electron chi connectivity index (χ4n) is 5.45. The van der Waals surface area contributed by atoms with Gasteiger partial charge in [-0.05, 0) is 67.6 Å². The molecular weight excluding hydrogens is 594 g/mol. The smallest absolute Gasteiger partial charge is 0.339 e. The maximum atomic E-state index is 13.7. The van der Waals surface area contributed by atoms with Crippen LogP contribution in [0.25, 0.3) is 0 Å². The monoisotopic (exact) mass is 627 g/mol. The molecule has 3 aromatic carbocycles. The van der Waals surface area contributed by atoms with Crippen molar-refractivity contribution in [3.8, 4) is 11.5 Å². The first-order valence-electron chi connectivity index (χ1n) is 14.6. The second-order valence-corrected chi connectivity index (χ2v) is 11.0. The van der Waals surface area contributed by atoms with E-state index < -0.39 is 24.1 Å². The number of aromatic carboxylic acids is 1. The van der Waals surface area contributed by atoms with Gasteiger partial charge in [0.25, 0.3) is 5.91 Å². The Balaban J connectivity index is 1.32. The number of hydrogen-bond donors (Lipinski definition) is 4. The largest absolute Gasteiger partial charge is 0.507 e. The minimum absolute atomic E-state index is 0.0135. The Kier molecular flexibility index (Phi) is 9.42. The van der Waals surface area contributed by atoms with Gasteiger partial charge in [0.1, 0.15) is 17.5 Å². The van der Waals surface area contributed by atoms with E-state index in [1.54, 1.807) is 54.4 Å². The van der Waals surface area contributed by atoms with E-state index in [0.29, 0.717) is 40.9 Å². The fourth-order valence-corrected chi connectivity index (χ4v) is 5.45. The van der Waals surface area contributed by atoms with E-state index in [1.807, 2.05) is 0 Å². The summed E-state index contributed by atoms with van der Waals surface area (Å²) in [6.07, 6.45) is 2.50. The third-order valence-corrected chi connectivity index (χ3v) is 7.84. The first-order chi connectivity index (χ1) is 22.0. The van der Waals surface area contributed by atoms with Crippen molar-refractivity contribution < 1.29 is 38.9 Å². The van der Waals surface area contributed by atoms with Gasteiger partial charge in [0.2, 0.25) is 5.91 Å². The molecular formula is C33H33N5O8. The number of ether oxygens (including phenoxy) is 2. The Morgan fingerprint density at radius 2 is 1.85 bits per heavy atom. The number of nitrogens with one attached hydrogen (secondary N) is 1. The van der Waals surface area contributed by atoms with Crippen molar-refractivity contribution >= 4 is 40.8 Å². The van der Waals surface area contributed by atoms with Crippen LogP contribution in [0.15, 0.2) is 76.6 Å². The summed E-state index contributed by atoms with van der Waals surface area (Å²) in [5.41, 5.74) is 8.67. The van der Waals surface area contributed by atoms with Gasteiger partial charge in [-0.25, -0.2) is 4.79 Å². The van der Waals surface area contributed by atoms with E-state index in [2.05, 4.69) is 15.5 Å². The molecule has 0 aliphatic carbocycles. The molecule has 2 amide bonds. The third-order valence-electron chi connectivity index (χ3n) is 7.84. The van der Waals surface area contributed by atoms with Gasteiger partial charge in [0.15, 0.2) is 5.75 Å². The minimum atomic E-state index is -1.29. The summed E-state index contributed by atoms with van der Waals surface area (Å²) in [7, 11) is 1.52. The second kappa shape index (κ2) is 13.6. The number of carboxylic acids is 1. The van der Waals surface area contributed by atoms with Crippen molar-refractivity contribution in [1.29, 1.82) is 0 Å². The number of carbonyl (C=O) groups excluding carboxylic acids is 3. The molecule has 46 heavy (non-hydrogen) atoms. The molecule has 3 aromatic rings. The molecule has 5 N–H and O–H groups in total. The number of nitrogens with two attached hydrogens (primary N) is 1. The number of nitrogens with zero attached hydrogens (tertiary/aromatic N) is 3. The number of amides is 2. The van der Waals surface area contributed by atoms with E-state index in [-0.39, 0.29) is 54.0 Å². The predicted octanol–water partition coefficient (Wildman–Crippen LogP) is 5.11. The van der Waals surface area contributed by atoms with Crippen molar-refractivity contribution in [1.82, 2.24) is 4.90 Å². The molecule has 0 aromatic heterocycles. The van der Waals surface area contributed by atoms with Gasteiger partial charge in [-0.3, -0.25) is 14.4 Å². The number of carboxylic acid groups (broad SMARTS) is 1. The van der Waals surface area contributed by atoms with Gasteiger partial charge < -0.3 is 35.6 Å². The van der Waals surface area contributed by atoms with Crippen LogP contribution in [0.4, 0.5) is 17.1 Å². The Labute approximate surface area is 264 Å². The highest BCUT2D eigenvalue weighted by molar-refractivity contribution is 6.03. The number of primary amides is 1. The summed E-state index contributed by atoms with van der Waals surface area (Å²) in [5, 5.41) is 30.6. The number of fused-ring (bicyclic) bond motifs is 2. The SMILES string of the molecule is CO[C@H]1Nc2c(ccc(C)c2OC(=O)CCc2ccccc2/N=N/c2ccc(O)c(C(=O)O)c2)C(=O)N2C=C(CCC(N)=O)CC12. The lowest BCUT2D eigenvalue weighted by molar-refractivity contribution is -0.134. The maximum Gasteiger partial charge on any atom is 0.339 e. The van der Waals surface area contributed by atoms with Gasteiger partial charge in [-0.1, -0.05) is 29.8 Å². The molecule has 13 heteroatoms. The number of aryl methyl sites for hydroxylation is 2. The highest BCUT2D eigenvalue weighted by Gasteiger charge is 2.41. The molecule has 5 rings (SSSR count). The zero-order valence-corrected chi connectivity index (χ0v) is 25.2. The van der Waals surface area contributed by atoms with E-state index in [9.17, 15) is 29.4 Å². The highest BCUT2D eigenvalue weighted by atomic mass is 16.5. The van der Waals surface area contributed by atoms with E-state index in [0.717, 1.165) is 5.57 Å². The number of rotatable bonds is 11. The van der Waals surface area contributed by atoms with E-state index >= 15 is 0 Å². The Morgan fingerprint density at radius 1 is 1.07 bits per heavy atom. The van der Waals surface area contributed by atoms with Crippen LogP contribution in [0.3, 0.4) is 0 Å². The topological polar surface area (TPSA) is 193 Å². The predicted molar refractivity (Wildman–Crippen MR) is 166 cm³/mol. The van der Waals surface area contributed by atoms with Gasteiger partial charge >= 0.3 is 11.9 Å². The van der Waals surface area contributed by atoms with Crippen molar-refractivity contribution in [2.24, 2.45) is 16.0 Å². The van der Waals surface area contributed by atoms with Crippen molar-refractivity contribution in [3.05, 3.63) is 88.6 Å². The highest BCUT2D eigenvalue weighted by Crippen LogP contribution is 2.40. The number of hydrogen-bond acceptors (Lipinski definition) is 10. The van der Waals surface area contributed by atoms with Crippen LogP contribution in [0, 0.1) is 6.92 Å². The standard InChI is InChI=1S/C33H33N5O8/c1-18-7-11-22-29(35-31(45-2)25-15-19(8-13-27(34)40)17-38(25)32(22)42)30(18)46-28(41)14-9-20-5-3-4-6-24(20)37-36-21-10-12-26(39)23(16-21)33(43)44/h3-7,10-12,16-17,25,31,35,39H,8-9,13-15H2,1-2H3,(H2,34,40)(H,43,44)/b37-36+/t25?,31-/m1/s1. The number of phenols is 1. The molecule has 2 aliphatic heterocycles. The minimum Gasteiger partial charge on any atom is -0.507 e. The molecule has 0 radical (unpaired) electrons. The van der Waals surface area contributed by atoms with Gasteiger partial charge in [-0.15, -0.1) is 0 Å². The number of benzene rings is 3. The molecule has 1 unspecified atom stereocenters. The number of aromatic hydroxyl groups is 1. The van der Waals surface area contributed by atoms with Crippen molar-refractivity contribution in [3.63, 3.8) is 0 Å². The first kappa shape index (κ1) is 31.9. The average molecular weight is 628 g/mol. The van der Waals surface area contributed by atoms with Crippen LogP contribution < -0.4 is 15.8 Å². The van der Waals surface area contributed by atoms with Crippen LogP contribution in [0.1, 0.15) is 57.5 Å². The van der Waals surface area contributed by atoms with Gasteiger partial charge in [0, 0.05) is 19.7 Å². The summed E-state index contributed by atoms with van der Waals surface area (Å²) in [4.78, 5) is 51.1. The van der Waals surface area contributed by atoms with Crippen LogP contribution >= 0.6 is 0 Å². The number of anilines is 1. The normalized spacial score (nSPS) is 17.1. The lowest BCUT2D eigenvalue weighted by Crippen LogP contribution is -2.43. The lowest BCUT2D eigenvalue weighted by Gasteiger charge is -2.28. The summed E-state index contributed by atoms with van der Waals surface area (Å²) in [5.74, 6) is -2.68. The Morgan fingerprint density at radius 3 is 2.59 bits per heavy atom. The van der Waals surface area contributed by atoms with Gasteiger partial charge in [-0.2, -0.15) is 10.2 Å². The Hall–Kier alpha value is -5.56. The van der Waals surface area contributed by atoms with E-state index in [4.69, 9.17) is 15.2 Å². The maximum absolute atomic E-state index is 13.7. The zero-order valence-electron chi connectivity index (χ0n) is 25.2. The molecule has 238 valence electrons. The summed E-state index contributed by atoms with van der Waals surface area (Å²) >= 11 is 0. The van der Waals surface area contributed by atoms with Crippen LogP contribution in [-0.4, -0.2) is 58.2 Å². The Bertz CT molecular complexity index is 1770. The quantitative estimate of drug-likeness (QED) is 0.127. The number of carbonyl (C=O) groups is 4. The van der Waals surface area contributed by atoms with E-state index in [1.165, 1.54) is 25.3 Å². The molecule has 2 atom stereocenters. The number of azo groups is 1. The molecule has 13 nitrogen and oxygen atoms in total. The van der Waals surface area contributed by atoms with Gasteiger partial charge in [0.05, 0.1) is 35.1 Å². The van der Waals surface area contributed by atoms with Crippen LogP contribution in [0.2, 0.25) is 0 Å². The van der Waals surface area contributed by atoms with Crippen molar-refractivity contribution in [2.75, 3.05) is 12.4 Å². The molecule has 2 aliphatic rings. The average Bonchev–Trinajstić information content (AvgIpc) is 3.42. The summed E-state index contributed by atoms with van der Waals surface area (Å²) < 4.78 is 11.6. The molecule has 0 saturated heterocycles. The van der Waals surface area contributed by atoms with Crippen molar-refractivity contribution in [2.45, 2.75) is 51.3 Å². The summed E-state index contributed by atoms with van der Waals surface area (Å²) in [6.45, 7) is 1.78. The van der Waals surface area contributed by atoms with Crippen LogP contribution in [0.5, 0.6) is 11.5 Å². The molecule has 0 spiro atoms. The zero-order chi connectivity index (χ0) is 33.0. The molecule has 2 heterocycles.